The van der Waals surface area contributed by atoms with Gasteiger partial charge in [-0.05, 0) is 41.7 Å². The van der Waals surface area contributed by atoms with Crippen LogP contribution in [0.15, 0.2) is 21.8 Å². The number of nitrogens with zero attached hydrogens (tertiary/aromatic N) is 2. The second-order valence-corrected chi connectivity index (χ2v) is 4.68. The van der Waals surface area contributed by atoms with Gasteiger partial charge in [0, 0.05) is 18.8 Å². The monoisotopic (exact) mass is 271 g/mol. The van der Waals surface area contributed by atoms with E-state index >= 15 is 0 Å². The van der Waals surface area contributed by atoms with Crippen molar-refractivity contribution in [1.82, 2.24) is 14.9 Å². The summed E-state index contributed by atoms with van der Waals surface area (Å²) >= 11 is 3.18. The summed E-state index contributed by atoms with van der Waals surface area (Å²) in [5.74, 6) is 0. The molecule has 1 fully saturated rings. The molecule has 1 aliphatic rings. The number of hydrogen-bond donors (Lipinski definition) is 1. The van der Waals surface area contributed by atoms with Crippen LogP contribution in [0.25, 0.3) is 0 Å². The van der Waals surface area contributed by atoms with Crippen LogP contribution in [0, 0.1) is 0 Å². The van der Waals surface area contributed by atoms with Crippen LogP contribution < -0.4 is 10.9 Å². The fourth-order valence-electron chi connectivity index (χ4n) is 1.43. The molecule has 0 unspecified atom stereocenters. The van der Waals surface area contributed by atoms with E-state index in [9.17, 15) is 4.79 Å². The standard InChI is InChI=1S/C10H14BrN3O/c11-9-6-12-7-14(10(9)15)5-1-4-13-8-2-3-8/h6-8,13H,1-5H2. The fourth-order valence-corrected chi connectivity index (χ4v) is 1.77. The van der Waals surface area contributed by atoms with Gasteiger partial charge in [0.2, 0.25) is 0 Å². The van der Waals surface area contributed by atoms with Crippen molar-refractivity contribution in [3.8, 4) is 0 Å². The number of aryl methyl sites for hydroxylation is 1. The van der Waals surface area contributed by atoms with Crippen LogP contribution in [0.4, 0.5) is 0 Å². The summed E-state index contributed by atoms with van der Waals surface area (Å²) in [6.45, 7) is 1.70. The van der Waals surface area contributed by atoms with Crippen molar-refractivity contribution in [3.05, 3.63) is 27.4 Å². The lowest BCUT2D eigenvalue weighted by Crippen LogP contribution is -2.24. The summed E-state index contributed by atoms with van der Waals surface area (Å²) in [5, 5.41) is 3.41. The van der Waals surface area contributed by atoms with Crippen molar-refractivity contribution in [2.75, 3.05) is 6.54 Å². The molecule has 1 saturated carbocycles. The van der Waals surface area contributed by atoms with Gasteiger partial charge in [0.15, 0.2) is 0 Å². The van der Waals surface area contributed by atoms with E-state index in [-0.39, 0.29) is 5.56 Å². The largest absolute Gasteiger partial charge is 0.314 e. The van der Waals surface area contributed by atoms with Gasteiger partial charge in [-0.3, -0.25) is 9.36 Å². The highest BCUT2D eigenvalue weighted by atomic mass is 79.9. The minimum Gasteiger partial charge on any atom is -0.314 e. The number of aromatic nitrogens is 2. The van der Waals surface area contributed by atoms with Gasteiger partial charge in [-0.25, -0.2) is 4.98 Å². The van der Waals surface area contributed by atoms with Crippen molar-refractivity contribution in [2.24, 2.45) is 0 Å². The minimum absolute atomic E-state index is 0.00331. The van der Waals surface area contributed by atoms with Gasteiger partial charge < -0.3 is 5.32 Å². The first-order valence-corrected chi connectivity index (χ1v) is 6.00. The first-order valence-electron chi connectivity index (χ1n) is 5.20. The van der Waals surface area contributed by atoms with Crippen LogP contribution in [0.5, 0.6) is 0 Å². The van der Waals surface area contributed by atoms with Crippen LogP contribution in [-0.2, 0) is 6.54 Å². The average Bonchev–Trinajstić information content (AvgIpc) is 3.02. The Morgan fingerprint density at radius 3 is 3.13 bits per heavy atom. The summed E-state index contributed by atoms with van der Waals surface area (Å²) in [4.78, 5) is 15.5. The van der Waals surface area contributed by atoms with Crippen LogP contribution in [0.2, 0.25) is 0 Å². The zero-order valence-electron chi connectivity index (χ0n) is 8.45. The highest BCUT2D eigenvalue weighted by molar-refractivity contribution is 9.10. The van der Waals surface area contributed by atoms with Gasteiger partial charge in [0.1, 0.15) is 4.47 Å². The smallest absolute Gasteiger partial charge is 0.267 e. The molecule has 4 nitrogen and oxygen atoms in total. The lowest BCUT2D eigenvalue weighted by molar-refractivity contribution is 0.561. The van der Waals surface area contributed by atoms with Gasteiger partial charge in [0.25, 0.3) is 5.56 Å². The number of hydrogen-bond acceptors (Lipinski definition) is 3. The van der Waals surface area contributed by atoms with Gasteiger partial charge >= 0.3 is 0 Å². The molecule has 2 rings (SSSR count). The summed E-state index contributed by atoms with van der Waals surface area (Å²) in [5.41, 5.74) is -0.00331. The van der Waals surface area contributed by atoms with Crippen molar-refractivity contribution in [2.45, 2.75) is 31.8 Å². The Morgan fingerprint density at radius 1 is 1.60 bits per heavy atom. The Labute approximate surface area is 96.8 Å². The van der Waals surface area contributed by atoms with E-state index < -0.39 is 0 Å². The molecule has 1 aromatic heterocycles. The molecule has 1 aromatic rings. The van der Waals surface area contributed by atoms with Gasteiger partial charge in [-0.1, -0.05) is 0 Å². The molecular formula is C10H14BrN3O. The van der Waals surface area contributed by atoms with Crippen LogP contribution in [0.1, 0.15) is 19.3 Å². The molecule has 0 spiro atoms. The third-order valence-electron chi connectivity index (χ3n) is 2.45. The van der Waals surface area contributed by atoms with Gasteiger partial charge in [-0.15, -0.1) is 0 Å². The lowest BCUT2D eigenvalue weighted by Gasteiger charge is -2.05. The molecule has 0 saturated heterocycles. The maximum atomic E-state index is 11.6. The maximum Gasteiger partial charge on any atom is 0.267 e. The molecule has 0 aromatic carbocycles. The topological polar surface area (TPSA) is 46.9 Å². The molecule has 0 atom stereocenters. The molecule has 0 amide bonds. The number of nitrogens with one attached hydrogen (secondary N) is 1. The first-order chi connectivity index (χ1) is 7.27. The van der Waals surface area contributed by atoms with E-state index in [1.807, 2.05) is 0 Å². The van der Waals surface area contributed by atoms with Crippen LogP contribution in [0.3, 0.4) is 0 Å². The van der Waals surface area contributed by atoms with E-state index in [1.165, 1.54) is 19.0 Å². The summed E-state index contributed by atoms with van der Waals surface area (Å²) in [6, 6.07) is 0.738. The lowest BCUT2D eigenvalue weighted by atomic mass is 10.4. The highest BCUT2D eigenvalue weighted by Crippen LogP contribution is 2.18. The second-order valence-electron chi connectivity index (χ2n) is 3.82. The van der Waals surface area contributed by atoms with Gasteiger partial charge in [-0.2, -0.15) is 0 Å². The molecule has 5 heteroatoms. The molecule has 1 heterocycles. The molecule has 0 bridgehead atoms. The zero-order valence-corrected chi connectivity index (χ0v) is 10.0. The average molecular weight is 272 g/mol. The first kappa shape index (κ1) is 10.8. The normalized spacial score (nSPS) is 15.5. The molecule has 15 heavy (non-hydrogen) atoms. The van der Waals surface area contributed by atoms with Crippen molar-refractivity contribution >= 4 is 15.9 Å². The highest BCUT2D eigenvalue weighted by Gasteiger charge is 2.19. The molecule has 82 valence electrons. The van der Waals surface area contributed by atoms with Crippen molar-refractivity contribution in [3.63, 3.8) is 0 Å². The van der Waals surface area contributed by atoms with Crippen LogP contribution in [-0.4, -0.2) is 22.1 Å². The Morgan fingerprint density at radius 2 is 2.40 bits per heavy atom. The predicted octanol–water partition coefficient (Wildman–Crippen LogP) is 1.15. The van der Waals surface area contributed by atoms with Crippen LogP contribution >= 0.6 is 15.9 Å². The summed E-state index contributed by atoms with van der Waals surface area (Å²) in [7, 11) is 0. The molecule has 1 N–H and O–H groups in total. The summed E-state index contributed by atoms with van der Waals surface area (Å²) < 4.78 is 2.17. The van der Waals surface area contributed by atoms with E-state index in [4.69, 9.17) is 0 Å². The number of rotatable bonds is 5. The van der Waals surface area contributed by atoms with E-state index in [2.05, 4.69) is 26.2 Å². The number of halogens is 1. The second kappa shape index (κ2) is 4.90. The maximum absolute atomic E-state index is 11.6. The molecule has 1 aliphatic carbocycles. The van der Waals surface area contributed by atoms with Crippen molar-refractivity contribution < 1.29 is 0 Å². The Hall–Kier alpha value is -0.680. The quantitative estimate of drug-likeness (QED) is 0.818. The Balaban J connectivity index is 1.81. The van der Waals surface area contributed by atoms with E-state index in [1.54, 1.807) is 10.9 Å². The minimum atomic E-state index is -0.00331. The van der Waals surface area contributed by atoms with E-state index in [0.717, 1.165) is 25.6 Å². The summed E-state index contributed by atoms with van der Waals surface area (Å²) in [6.07, 6.45) is 6.69. The molecule has 0 radical (unpaired) electrons. The third-order valence-corrected chi connectivity index (χ3v) is 2.99. The van der Waals surface area contributed by atoms with E-state index in [0.29, 0.717) is 4.47 Å². The van der Waals surface area contributed by atoms with Gasteiger partial charge in [0.05, 0.1) is 6.33 Å². The SMILES string of the molecule is O=c1c(Br)cncn1CCCNC1CC1. The third kappa shape index (κ3) is 3.14. The fraction of sp³-hybridized carbons (Fsp3) is 0.600. The predicted molar refractivity (Wildman–Crippen MR) is 61.8 cm³/mol. The molecule has 0 aliphatic heterocycles. The Kier molecular flexibility index (Phi) is 3.53. The molecular weight excluding hydrogens is 258 g/mol. The van der Waals surface area contributed by atoms with Crippen molar-refractivity contribution in [1.29, 1.82) is 0 Å². The zero-order chi connectivity index (χ0) is 10.7. The Bertz CT molecular complexity index is 386.